The molecule has 0 heterocycles. The second kappa shape index (κ2) is 11.0. The van der Waals surface area contributed by atoms with Gasteiger partial charge < -0.3 is 10.1 Å². The average molecular weight is 498 g/mol. The molecule has 0 aliphatic carbocycles. The van der Waals surface area contributed by atoms with E-state index in [1.807, 2.05) is 13.0 Å². The Morgan fingerprint density at radius 1 is 1.06 bits per heavy atom. The molecule has 0 bridgehead atoms. The van der Waals surface area contributed by atoms with Crippen molar-refractivity contribution in [1.82, 2.24) is 9.62 Å². The lowest BCUT2D eigenvalue weighted by molar-refractivity contribution is -0.122. The second-order valence-corrected chi connectivity index (χ2v) is 11.7. The van der Waals surface area contributed by atoms with E-state index in [0.717, 1.165) is 20.4 Å². The molecule has 0 aliphatic rings. The van der Waals surface area contributed by atoms with Crippen LogP contribution in [0.25, 0.3) is 0 Å². The molecule has 1 amide bonds. The number of nitrogens with zero attached hydrogens (tertiary/aromatic N) is 2. The summed E-state index contributed by atoms with van der Waals surface area (Å²) in [6.07, 6.45) is 1.37. The highest BCUT2D eigenvalue weighted by molar-refractivity contribution is 7.92. The van der Waals surface area contributed by atoms with Crippen LogP contribution in [0.4, 0.5) is 5.69 Å². The van der Waals surface area contributed by atoms with E-state index in [1.54, 1.807) is 25.1 Å². The lowest BCUT2D eigenvalue weighted by Crippen LogP contribution is -2.50. The molecule has 0 radical (unpaired) electrons. The van der Waals surface area contributed by atoms with Gasteiger partial charge in [0.25, 0.3) is 0 Å². The maximum Gasteiger partial charge on any atom is 0.244 e. The van der Waals surface area contributed by atoms with Crippen molar-refractivity contribution in [3.05, 3.63) is 54.1 Å². The molecule has 0 saturated heterocycles. The first-order chi connectivity index (χ1) is 15.4. The Morgan fingerprint density at radius 2 is 1.70 bits per heavy atom. The molecule has 0 saturated carbocycles. The molecule has 0 unspecified atom stereocenters. The van der Waals surface area contributed by atoms with E-state index in [4.69, 9.17) is 4.74 Å². The van der Waals surface area contributed by atoms with Gasteiger partial charge in [0.15, 0.2) is 0 Å². The highest BCUT2D eigenvalue weighted by Crippen LogP contribution is 2.23. The molecule has 2 aromatic rings. The molecule has 11 heteroatoms. The van der Waals surface area contributed by atoms with Crippen LogP contribution in [0.15, 0.2) is 53.4 Å². The van der Waals surface area contributed by atoms with Crippen LogP contribution in [0.1, 0.15) is 18.9 Å². The third-order valence-electron chi connectivity index (χ3n) is 4.86. The van der Waals surface area contributed by atoms with Gasteiger partial charge in [0.05, 0.1) is 23.4 Å². The summed E-state index contributed by atoms with van der Waals surface area (Å²) in [5.74, 6) is 0.0203. The monoisotopic (exact) mass is 497 g/mol. The predicted octanol–water partition coefficient (Wildman–Crippen LogP) is 1.99. The molecule has 9 nitrogen and oxygen atoms in total. The average Bonchev–Trinajstić information content (AvgIpc) is 2.74. The largest absolute Gasteiger partial charge is 0.492 e. The Morgan fingerprint density at radius 3 is 2.21 bits per heavy atom. The van der Waals surface area contributed by atoms with E-state index >= 15 is 0 Å². The van der Waals surface area contributed by atoms with Crippen molar-refractivity contribution < 1.29 is 26.4 Å². The van der Waals surface area contributed by atoms with Gasteiger partial charge in [0.2, 0.25) is 26.0 Å². The number of rotatable bonds is 11. The lowest BCUT2D eigenvalue weighted by atomic mass is 10.1. The highest BCUT2D eigenvalue weighted by Gasteiger charge is 2.31. The summed E-state index contributed by atoms with van der Waals surface area (Å²) >= 11 is 0. The number of hydrogen-bond acceptors (Lipinski definition) is 6. The molecule has 182 valence electrons. The normalized spacial score (nSPS) is 12.9. The van der Waals surface area contributed by atoms with E-state index in [1.165, 1.54) is 38.4 Å². The van der Waals surface area contributed by atoms with Crippen molar-refractivity contribution in [3.63, 3.8) is 0 Å². The highest BCUT2D eigenvalue weighted by atomic mass is 32.2. The molecule has 0 aliphatic heterocycles. The van der Waals surface area contributed by atoms with E-state index in [2.05, 4.69) is 5.32 Å². The summed E-state index contributed by atoms with van der Waals surface area (Å²) in [7, 11) is -4.31. The Hall–Kier alpha value is -2.63. The van der Waals surface area contributed by atoms with E-state index in [-0.39, 0.29) is 24.5 Å². The summed E-state index contributed by atoms with van der Waals surface area (Å²) in [6.45, 7) is 3.88. The number of anilines is 1. The topological polar surface area (TPSA) is 113 Å². The summed E-state index contributed by atoms with van der Waals surface area (Å²) < 4.78 is 57.0. The number of sulfonamides is 2. The fourth-order valence-electron chi connectivity index (χ4n) is 3.20. The maximum atomic E-state index is 12.8. The first-order valence-electron chi connectivity index (χ1n) is 10.4. The minimum Gasteiger partial charge on any atom is -0.492 e. The van der Waals surface area contributed by atoms with Gasteiger partial charge in [0.1, 0.15) is 18.4 Å². The number of hydrogen-bond donors (Lipinski definition) is 1. The number of carbonyl (C=O) groups is 1. The zero-order valence-corrected chi connectivity index (χ0v) is 21.1. The van der Waals surface area contributed by atoms with E-state index < -0.39 is 32.0 Å². The van der Waals surface area contributed by atoms with Crippen molar-refractivity contribution >= 4 is 31.6 Å². The van der Waals surface area contributed by atoms with Crippen LogP contribution in [0.5, 0.6) is 5.75 Å². The van der Waals surface area contributed by atoms with Gasteiger partial charge in [-0.25, -0.2) is 21.1 Å². The number of aryl methyl sites for hydroxylation is 1. The van der Waals surface area contributed by atoms with Crippen molar-refractivity contribution in [2.24, 2.45) is 0 Å². The molecule has 0 fully saturated rings. The minimum absolute atomic E-state index is 0.130. The Kier molecular flexibility index (Phi) is 8.87. The molecular weight excluding hydrogens is 466 g/mol. The van der Waals surface area contributed by atoms with Crippen LogP contribution in [0, 0.1) is 6.92 Å². The van der Waals surface area contributed by atoms with Crippen LogP contribution in [0.3, 0.4) is 0 Å². The van der Waals surface area contributed by atoms with Gasteiger partial charge in [-0.3, -0.25) is 9.10 Å². The summed E-state index contributed by atoms with van der Waals surface area (Å²) in [5, 5.41) is 2.72. The van der Waals surface area contributed by atoms with Gasteiger partial charge >= 0.3 is 0 Å². The van der Waals surface area contributed by atoms with Crippen molar-refractivity contribution in [1.29, 1.82) is 0 Å². The lowest BCUT2D eigenvalue weighted by Gasteiger charge is -2.30. The van der Waals surface area contributed by atoms with Crippen molar-refractivity contribution in [2.45, 2.75) is 31.2 Å². The first-order valence-corrected chi connectivity index (χ1v) is 13.7. The van der Waals surface area contributed by atoms with Crippen LogP contribution < -0.4 is 14.4 Å². The van der Waals surface area contributed by atoms with Crippen LogP contribution in [0.2, 0.25) is 0 Å². The van der Waals surface area contributed by atoms with Gasteiger partial charge in [-0.05, 0) is 55.3 Å². The molecule has 1 N–H and O–H groups in total. The quantitative estimate of drug-likeness (QED) is 0.475. The predicted molar refractivity (Wildman–Crippen MR) is 128 cm³/mol. The number of benzene rings is 2. The van der Waals surface area contributed by atoms with Gasteiger partial charge in [0, 0.05) is 14.1 Å². The summed E-state index contributed by atoms with van der Waals surface area (Å²) in [5.41, 5.74) is 1.32. The fraction of sp³-hybridized carbons (Fsp3) is 0.409. The minimum atomic E-state index is -3.70. The standard InChI is InChI=1S/C22H31N3O6S2/c1-6-21(25(32(5,27)28)18-9-7-8-17(2)16-18)22(26)23-14-15-31-19-10-12-20(13-11-19)33(29,30)24(3)4/h7-13,16,21H,6,14-15H2,1-5H3,(H,23,26)/t21-/m1/s1. The summed E-state index contributed by atoms with van der Waals surface area (Å²) in [4.78, 5) is 13.0. The Bertz CT molecular complexity index is 1160. The van der Waals surface area contributed by atoms with Crippen LogP contribution in [-0.4, -0.2) is 66.6 Å². The molecule has 33 heavy (non-hydrogen) atoms. The molecule has 0 spiro atoms. The molecule has 1 atom stereocenters. The van der Waals surface area contributed by atoms with Gasteiger partial charge in [-0.2, -0.15) is 0 Å². The molecular formula is C22H31N3O6S2. The maximum absolute atomic E-state index is 12.8. The van der Waals surface area contributed by atoms with Crippen molar-refractivity contribution in [2.75, 3.05) is 37.8 Å². The zero-order valence-electron chi connectivity index (χ0n) is 19.5. The first kappa shape index (κ1) is 26.6. The summed E-state index contributed by atoms with van der Waals surface area (Å²) in [6, 6.07) is 12.0. The smallest absolute Gasteiger partial charge is 0.244 e. The van der Waals surface area contributed by atoms with Crippen LogP contribution >= 0.6 is 0 Å². The Labute approximate surface area is 196 Å². The molecule has 2 rings (SSSR count). The third kappa shape index (κ3) is 6.92. The molecule has 0 aromatic heterocycles. The van der Waals surface area contributed by atoms with E-state index in [0.29, 0.717) is 11.4 Å². The molecule has 2 aromatic carbocycles. The third-order valence-corrected chi connectivity index (χ3v) is 7.87. The fourth-order valence-corrected chi connectivity index (χ4v) is 5.31. The number of ether oxygens (including phenoxy) is 1. The van der Waals surface area contributed by atoms with Crippen LogP contribution in [-0.2, 0) is 24.8 Å². The number of amides is 1. The second-order valence-electron chi connectivity index (χ2n) is 7.72. The van der Waals surface area contributed by atoms with E-state index in [9.17, 15) is 21.6 Å². The number of nitrogens with one attached hydrogen (secondary N) is 1. The number of carbonyl (C=O) groups excluding carboxylic acids is 1. The Balaban J connectivity index is 2.01. The van der Waals surface area contributed by atoms with Gasteiger partial charge in [-0.15, -0.1) is 0 Å². The SMILES string of the molecule is CC[C@H](C(=O)NCCOc1ccc(S(=O)(=O)N(C)C)cc1)N(c1cccc(C)c1)S(C)(=O)=O. The van der Waals surface area contributed by atoms with Crippen molar-refractivity contribution in [3.8, 4) is 5.75 Å². The zero-order chi connectivity index (χ0) is 24.8. The van der Waals surface area contributed by atoms with Gasteiger partial charge in [-0.1, -0.05) is 19.1 Å².